The molecule has 0 aliphatic rings. The molecule has 0 N–H and O–H groups in total. The zero-order valence-corrected chi connectivity index (χ0v) is 7.70. The Morgan fingerprint density at radius 1 is 1.38 bits per heavy atom. The molecular formula is C7H5BF4NO3-. The summed E-state index contributed by atoms with van der Waals surface area (Å²) < 4.78 is 52.5. The molecule has 0 amide bonds. The van der Waals surface area contributed by atoms with Crippen LogP contribution in [0.2, 0.25) is 0 Å². The molecule has 1 aromatic rings. The molecule has 0 saturated carbocycles. The lowest BCUT2D eigenvalue weighted by Gasteiger charge is -2.15. The lowest BCUT2D eigenvalue weighted by atomic mass is 9.95. The molecule has 0 aromatic heterocycles. The highest BCUT2D eigenvalue weighted by atomic mass is 19.4. The maximum atomic E-state index is 13.0. The predicted octanol–water partition coefficient (Wildman–Crippen LogP) is 2.50. The molecule has 0 saturated heterocycles. The van der Waals surface area contributed by atoms with E-state index in [-0.39, 0.29) is 0 Å². The molecule has 0 aliphatic carbocycles. The highest BCUT2D eigenvalue weighted by molar-refractivity contribution is 6.58. The van der Waals surface area contributed by atoms with Crippen molar-refractivity contribution < 1.29 is 27.0 Å². The van der Waals surface area contributed by atoms with Crippen molar-refractivity contribution in [1.29, 1.82) is 0 Å². The summed E-state index contributed by atoms with van der Waals surface area (Å²) in [5, 5.41) is 10.2. The molecule has 1 rings (SSSR count). The van der Waals surface area contributed by atoms with E-state index in [2.05, 4.69) is 4.74 Å². The summed E-state index contributed by atoms with van der Waals surface area (Å²) in [6, 6.07) is 2.15. The second-order valence-corrected chi connectivity index (χ2v) is 2.89. The Balaban J connectivity index is 2.80. The van der Waals surface area contributed by atoms with Crippen LogP contribution < -0.4 is 4.74 Å². The quantitative estimate of drug-likeness (QED) is 0.350. The fourth-order valence-electron chi connectivity index (χ4n) is 0.905. The number of non-ortho nitro benzene ring substituents is 1. The van der Waals surface area contributed by atoms with Crippen molar-refractivity contribution >= 4 is 12.7 Å². The summed E-state index contributed by atoms with van der Waals surface area (Å²) in [6.45, 7) is -6.78. The fourth-order valence-corrected chi connectivity index (χ4v) is 0.905. The molecule has 0 bridgehead atoms. The van der Waals surface area contributed by atoms with Gasteiger partial charge in [0.1, 0.15) is 0 Å². The van der Waals surface area contributed by atoms with Crippen molar-refractivity contribution in [2.75, 3.05) is 6.51 Å². The van der Waals surface area contributed by atoms with Crippen molar-refractivity contribution in [2.24, 2.45) is 0 Å². The van der Waals surface area contributed by atoms with Gasteiger partial charge in [-0.3, -0.25) is 10.1 Å². The van der Waals surface area contributed by atoms with Gasteiger partial charge in [-0.25, -0.2) is 4.39 Å². The normalized spacial score (nSPS) is 11.2. The summed E-state index contributed by atoms with van der Waals surface area (Å²) in [6.07, 6.45) is 0. The minimum atomic E-state index is -5.19. The van der Waals surface area contributed by atoms with E-state index in [0.29, 0.717) is 6.07 Å². The van der Waals surface area contributed by atoms with Gasteiger partial charge < -0.3 is 17.7 Å². The third-order valence-electron chi connectivity index (χ3n) is 1.55. The van der Waals surface area contributed by atoms with Crippen LogP contribution in [0.15, 0.2) is 18.2 Å². The van der Waals surface area contributed by atoms with Gasteiger partial charge in [-0.15, -0.1) is 0 Å². The number of benzene rings is 1. The van der Waals surface area contributed by atoms with Crippen LogP contribution in [0.25, 0.3) is 0 Å². The minimum Gasteiger partial charge on any atom is -0.519 e. The zero-order chi connectivity index (χ0) is 12.3. The maximum Gasteiger partial charge on any atom is 0.515 e. The summed E-state index contributed by atoms with van der Waals surface area (Å²) in [4.78, 5) is 9.34. The van der Waals surface area contributed by atoms with Crippen LogP contribution in [0.5, 0.6) is 5.75 Å². The zero-order valence-electron chi connectivity index (χ0n) is 7.70. The third kappa shape index (κ3) is 3.41. The average molecular weight is 238 g/mol. The highest BCUT2D eigenvalue weighted by Crippen LogP contribution is 2.23. The Morgan fingerprint density at radius 3 is 2.44 bits per heavy atom. The first-order valence-corrected chi connectivity index (χ1v) is 4.07. The summed E-state index contributed by atoms with van der Waals surface area (Å²) >= 11 is 0. The Kier molecular flexibility index (Phi) is 3.36. The topological polar surface area (TPSA) is 52.4 Å². The molecule has 0 fully saturated rings. The molecule has 0 aliphatic heterocycles. The summed E-state index contributed by atoms with van der Waals surface area (Å²) in [5.41, 5.74) is -0.553. The number of rotatable bonds is 4. The van der Waals surface area contributed by atoms with Gasteiger partial charge in [-0.1, -0.05) is 0 Å². The van der Waals surface area contributed by atoms with Crippen LogP contribution in [0, 0.1) is 15.9 Å². The first-order chi connectivity index (χ1) is 7.29. The lowest BCUT2D eigenvalue weighted by molar-refractivity contribution is -0.385. The largest absolute Gasteiger partial charge is 0.519 e. The second-order valence-electron chi connectivity index (χ2n) is 2.89. The highest BCUT2D eigenvalue weighted by Gasteiger charge is 2.25. The number of nitro groups is 1. The van der Waals surface area contributed by atoms with E-state index in [1.807, 2.05) is 0 Å². The monoisotopic (exact) mass is 238 g/mol. The van der Waals surface area contributed by atoms with Gasteiger partial charge in [-0.05, 0) is 6.07 Å². The maximum absolute atomic E-state index is 13.0. The molecule has 0 radical (unpaired) electrons. The number of ether oxygens (including phenoxy) is 1. The second kappa shape index (κ2) is 4.37. The Morgan fingerprint density at radius 2 is 2.00 bits per heavy atom. The van der Waals surface area contributed by atoms with Gasteiger partial charge in [0.25, 0.3) is 5.69 Å². The van der Waals surface area contributed by atoms with Gasteiger partial charge in [0.05, 0.1) is 17.5 Å². The van der Waals surface area contributed by atoms with E-state index in [1.54, 1.807) is 0 Å². The van der Waals surface area contributed by atoms with Crippen LogP contribution in [-0.4, -0.2) is 18.4 Å². The molecular weight excluding hydrogens is 233 g/mol. The lowest BCUT2D eigenvalue weighted by Crippen LogP contribution is -2.26. The van der Waals surface area contributed by atoms with Gasteiger partial charge in [-0.2, -0.15) is 0 Å². The Bertz CT molecular complexity index is 409. The molecule has 0 spiro atoms. The van der Waals surface area contributed by atoms with Crippen LogP contribution in [0.4, 0.5) is 23.0 Å². The SMILES string of the molecule is O=[N+]([O-])c1ccc(OC[B-](F)(F)F)c(F)c1. The molecule has 0 unspecified atom stereocenters. The molecule has 9 heteroatoms. The molecule has 0 heterocycles. The molecule has 16 heavy (non-hydrogen) atoms. The average Bonchev–Trinajstić information content (AvgIpc) is 2.14. The number of nitrogens with zero attached hydrogens (tertiary/aromatic N) is 1. The van der Waals surface area contributed by atoms with Gasteiger partial charge in [0, 0.05) is 6.07 Å². The van der Waals surface area contributed by atoms with E-state index in [0.717, 1.165) is 12.1 Å². The van der Waals surface area contributed by atoms with Crippen LogP contribution in [0.1, 0.15) is 0 Å². The van der Waals surface area contributed by atoms with E-state index in [4.69, 9.17) is 0 Å². The van der Waals surface area contributed by atoms with Gasteiger partial charge >= 0.3 is 6.98 Å². The van der Waals surface area contributed by atoms with Crippen molar-refractivity contribution in [3.63, 3.8) is 0 Å². The fraction of sp³-hybridized carbons (Fsp3) is 0.143. The number of hydrogen-bond acceptors (Lipinski definition) is 3. The van der Waals surface area contributed by atoms with Crippen molar-refractivity contribution in [3.05, 3.63) is 34.1 Å². The van der Waals surface area contributed by atoms with Crippen molar-refractivity contribution in [2.45, 2.75) is 0 Å². The number of halogens is 4. The van der Waals surface area contributed by atoms with Crippen molar-refractivity contribution in [1.82, 2.24) is 0 Å². The number of nitro benzene ring substituents is 1. The van der Waals surface area contributed by atoms with Crippen LogP contribution in [0.3, 0.4) is 0 Å². The molecule has 0 atom stereocenters. The Labute approximate surface area is 87.0 Å². The molecule has 88 valence electrons. The first-order valence-electron chi connectivity index (χ1n) is 4.07. The van der Waals surface area contributed by atoms with Crippen LogP contribution in [-0.2, 0) is 0 Å². The van der Waals surface area contributed by atoms with Crippen molar-refractivity contribution in [3.8, 4) is 5.75 Å². The molecule has 1 aromatic carbocycles. The van der Waals surface area contributed by atoms with Gasteiger partial charge in [0.2, 0.25) is 0 Å². The van der Waals surface area contributed by atoms with E-state index >= 15 is 0 Å². The van der Waals surface area contributed by atoms with E-state index in [1.165, 1.54) is 0 Å². The van der Waals surface area contributed by atoms with E-state index < -0.39 is 35.7 Å². The number of hydrogen-bond donors (Lipinski definition) is 0. The molecule has 4 nitrogen and oxygen atoms in total. The van der Waals surface area contributed by atoms with Gasteiger partial charge in [0.15, 0.2) is 11.6 Å². The van der Waals surface area contributed by atoms with Crippen LogP contribution >= 0.6 is 0 Å². The summed E-state index contributed by atoms with van der Waals surface area (Å²) in [5.74, 6) is -1.86. The summed E-state index contributed by atoms with van der Waals surface area (Å²) in [7, 11) is 0. The smallest absolute Gasteiger partial charge is 0.515 e. The Hall–Kier alpha value is -1.80. The third-order valence-corrected chi connectivity index (χ3v) is 1.55. The first kappa shape index (κ1) is 12.3. The van der Waals surface area contributed by atoms with E-state index in [9.17, 15) is 27.5 Å². The standard InChI is InChI=1S/C7H5BF4NO3/c9-6-3-5(13(14)15)1-2-7(6)16-4-8(10,11)12/h1-3H,4H2/q-1. The minimum absolute atomic E-state index is 0.499. The predicted molar refractivity (Wildman–Crippen MR) is 47.6 cm³/mol.